The summed E-state index contributed by atoms with van der Waals surface area (Å²) >= 11 is 1.40. The Hall–Kier alpha value is -2.28. The van der Waals surface area contributed by atoms with Gasteiger partial charge in [-0.3, -0.25) is 4.79 Å². The molecule has 1 heterocycles. The largest absolute Gasteiger partial charge is 0.486 e. The lowest BCUT2D eigenvalue weighted by molar-refractivity contribution is -0.0498. The molecule has 0 aromatic heterocycles. The predicted octanol–water partition coefficient (Wildman–Crippen LogP) is 4.42. The van der Waals surface area contributed by atoms with E-state index in [4.69, 9.17) is 9.47 Å². The molecule has 0 N–H and O–H groups in total. The van der Waals surface area contributed by atoms with Crippen molar-refractivity contribution in [3.05, 3.63) is 48.0 Å². The van der Waals surface area contributed by atoms with Crippen LogP contribution in [0.15, 0.2) is 47.4 Å². The normalized spacial score (nSPS) is 14.2. The number of alkyl halides is 2. The lowest BCUT2D eigenvalue weighted by Gasteiger charge is -2.19. The third-order valence-corrected chi connectivity index (χ3v) is 4.65. The van der Waals surface area contributed by atoms with E-state index in [1.54, 1.807) is 6.92 Å². The SMILES string of the molecule is C[C@@H](Sc1ccc2c(c1)OCCO2)C(=O)c1ccc(OC(F)F)cc1. The maximum Gasteiger partial charge on any atom is 0.387 e. The summed E-state index contributed by atoms with van der Waals surface area (Å²) in [5, 5.41) is -0.343. The highest BCUT2D eigenvalue weighted by Crippen LogP contribution is 2.36. The number of hydrogen-bond acceptors (Lipinski definition) is 5. The van der Waals surface area contributed by atoms with Crippen LogP contribution in [0.25, 0.3) is 0 Å². The van der Waals surface area contributed by atoms with Crippen molar-refractivity contribution in [3.63, 3.8) is 0 Å². The number of ether oxygens (including phenoxy) is 3. The molecule has 7 heteroatoms. The van der Waals surface area contributed by atoms with E-state index in [0.29, 0.717) is 30.3 Å². The van der Waals surface area contributed by atoms with E-state index in [-0.39, 0.29) is 16.8 Å². The summed E-state index contributed by atoms with van der Waals surface area (Å²) < 4.78 is 39.6. The summed E-state index contributed by atoms with van der Waals surface area (Å²) in [5.41, 5.74) is 0.444. The molecule has 0 aliphatic carbocycles. The monoisotopic (exact) mass is 366 g/mol. The van der Waals surface area contributed by atoms with Gasteiger partial charge in [0.2, 0.25) is 0 Å². The molecule has 2 aromatic carbocycles. The first-order chi connectivity index (χ1) is 12.0. The number of ketones is 1. The van der Waals surface area contributed by atoms with E-state index >= 15 is 0 Å². The number of carbonyl (C=O) groups is 1. The van der Waals surface area contributed by atoms with Crippen molar-refractivity contribution < 1.29 is 27.8 Å². The molecule has 1 aliphatic rings. The maximum absolute atomic E-state index is 12.5. The van der Waals surface area contributed by atoms with Gasteiger partial charge in [0.05, 0.1) is 5.25 Å². The van der Waals surface area contributed by atoms with Gasteiger partial charge < -0.3 is 14.2 Å². The molecule has 1 aliphatic heterocycles. The molecule has 2 aromatic rings. The quantitative estimate of drug-likeness (QED) is 0.559. The number of Topliss-reactive ketones (excluding diaryl/α,β-unsaturated/α-hetero) is 1. The lowest BCUT2D eigenvalue weighted by atomic mass is 10.1. The topological polar surface area (TPSA) is 44.8 Å². The predicted molar refractivity (Wildman–Crippen MR) is 90.2 cm³/mol. The van der Waals surface area contributed by atoms with Gasteiger partial charge in [0.15, 0.2) is 17.3 Å². The molecule has 0 bridgehead atoms. The molecule has 132 valence electrons. The van der Waals surface area contributed by atoms with E-state index in [1.165, 1.54) is 36.0 Å². The summed E-state index contributed by atoms with van der Waals surface area (Å²) in [6, 6.07) is 11.2. The zero-order valence-corrected chi connectivity index (χ0v) is 14.2. The summed E-state index contributed by atoms with van der Waals surface area (Å²) in [4.78, 5) is 13.4. The van der Waals surface area contributed by atoms with Crippen molar-refractivity contribution in [2.75, 3.05) is 13.2 Å². The van der Waals surface area contributed by atoms with Gasteiger partial charge >= 0.3 is 6.61 Å². The molecule has 1 atom stereocenters. The Morgan fingerprint density at radius 2 is 1.76 bits per heavy atom. The number of thioether (sulfide) groups is 1. The minimum absolute atomic E-state index is 0.0266. The summed E-state index contributed by atoms with van der Waals surface area (Å²) in [7, 11) is 0. The van der Waals surface area contributed by atoms with Gasteiger partial charge in [-0.1, -0.05) is 0 Å². The van der Waals surface area contributed by atoms with Crippen molar-refractivity contribution in [2.24, 2.45) is 0 Å². The van der Waals surface area contributed by atoms with Crippen LogP contribution in [0.1, 0.15) is 17.3 Å². The number of carbonyl (C=O) groups excluding carboxylic acids is 1. The molecule has 25 heavy (non-hydrogen) atoms. The zero-order valence-electron chi connectivity index (χ0n) is 13.4. The Morgan fingerprint density at radius 1 is 1.08 bits per heavy atom. The van der Waals surface area contributed by atoms with E-state index < -0.39 is 6.61 Å². The van der Waals surface area contributed by atoms with Crippen molar-refractivity contribution in [1.29, 1.82) is 0 Å². The fraction of sp³-hybridized carbons (Fsp3) is 0.278. The first-order valence-corrected chi connectivity index (χ1v) is 8.56. The number of rotatable bonds is 6. The fourth-order valence-corrected chi connectivity index (χ4v) is 3.36. The van der Waals surface area contributed by atoms with Gasteiger partial charge in [0.1, 0.15) is 19.0 Å². The first kappa shape index (κ1) is 17.5. The molecule has 0 fully saturated rings. The van der Waals surface area contributed by atoms with Crippen LogP contribution >= 0.6 is 11.8 Å². The zero-order chi connectivity index (χ0) is 17.8. The van der Waals surface area contributed by atoms with Crippen LogP contribution in [0, 0.1) is 0 Å². The van der Waals surface area contributed by atoms with Crippen molar-refractivity contribution in [2.45, 2.75) is 23.7 Å². The highest BCUT2D eigenvalue weighted by atomic mass is 32.2. The second-order valence-electron chi connectivity index (χ2n) is 5.33. The van der Waals surface area contributed by atoms with Crippen molar-refractivity contribution in [3.8, 4) is 17.2 Å². The van der Waals surface area contributed by atoms with Gasteiger partial charge in [0.25, 0.3) is 0 Å². The molecule has 0 saturated carbocycles. The number of hydrogen-bond donors (Lipinski definition) is 0. The van der Waals surface area contributed by atoms with E-state index in [9.17, 15) is 13.6 Å². The third kappa shape index (κ3) is 4.42. The third-order valence-electron chi connectivity index (χ3n) is 3.56. The van der Waals surface area contributed by atoms with Crippen LogP contribution in [-0.2, 0) is 0 Å². The standard InChI is InChI=1S/C18H16F2O4S/c1-11(17(21)12-2-4-13(5-3-12)24-18(19)20)25-14-6-7-15-16(10-14)23-9-8-22-15/h2-7,10-11,18H,8-9H2,1H3/t11-/m1/s1. The minimum Gasteiger partial charge on any atom is -0.486 e. The van der Waals surface area contributed by atoms with Gasteiger partial charge in [-0.05, 0) is 49.4 Å². The van der Waals surface area contributed by atoms with Crippen LogP contribution in [0.2, 0.25) is 0 Å². The van der Waals surface area contributed by atoms with Crippen LogP contribution in [0.3, 0.4) is 0 Å². The molecule has 4 nitrogen and oxygen atoms in total. The Bertz CT molecular complexity index is 749. The van der Waals surface area contributed by atoms with Crippen LogP contribution in [0.5, 0.6) is 17.2 Å². The van der Waals surface area contributed by atoms with Crippen LogP contribution in [-0.4, -0.2) is 30.9 Å². The average molecular weight is 366 g/mol. The maximum atomic E-state index is 12.5. The minimum atomic E-state index is -2.88. The highest BCUT2D eigenvalue weighted by molar-refractivity contribution is 8.00. The number of fused-ring (bicyclic) bond motifs is 1. The average Bonchev–Trinajstić information content (AvgIpc) is 2.61. The molecular weight excluding hydrogens is 350 g/mol. The Kier molecular flexibility index (Phi) is 5.43. The second kappa shape index (κ2) is 7.74. The smallest absolute Gasteiger partial charge is 0.387 e. The van der Waals surface area contributed by atoms with Gasteiger partial charge in [-0.15, -0.1) is 11.8 Å². The van der Waals surface area contributed by atoms with Crippen molar-refractivity contribution in [1.82, 2.24) is 0 Å². The molecule has 0 unspecified atom stereocenters. The molecular formula is C18H16F2O4S. The van der Waals surface area contributed by atoms with Gasteiger partial charge in [-0.25, -0.2) is 0 Å². The molecule has 0 radical (unpaired) electrons. The van der Waals surface area contributed by atoms with Crippen molar-refractivity contribution >= 4 is 17.5 Å². The summed E-state index contributed by atoms with van der Waals surface area (Å²) in [6.07, 6.45) is 0. The van der Waals surface area contributed by atoms with E-state index in [2.05, 4.69) is 4.74 Å². The second-order valence-corrected chi connectivity index (χ2v) is 6.75. The Labute approximate surface area is 148 Å². The number of halogens is 2. The number of benzene rings is 2. The van der Waals surface area contributed by atoms with Crippen LogP contribution in [0.4, 0.5) is 8.78 Å². The Morgan fingerprint density at radius 3 is 2.44 bits per heavy atom. The highest BCUT2D eigenvalue weighted by Gasteiger charge is 2.19. The van der Waals surface area contributed by atoms with Gasteiger partial charge in [0, 0.05) is 10.5 Å². The van der Waals surface area contributed by atoms with E-state index in [0.717, 1.165) is 4.90 Å². The molecule has 0 amide bonds. The fourth-order valence-electron chi connectivity index (χ4n) is 2.39. The Balaban J connectivity index is 1.66. The summed E-state index contributed by atoms with van der Waals surface area (Å²) in [5.74, 6) is 1.30. The molecule has 0 saturated heterocycles. The lowest BCUT2D eigenvalue weighted by Crippen LogP contribution is -2.16. The first-order valence-electron chi connectivity index (χ1n) is 7.68. The molecule has 0 spiro atoms. The van der Waals surface area contributed by atoms with Crippen LogP contribution < -0.4 is 14.2 Å². The van der Waals surface area contributed by atoms with E-state index in [1.807, 2.05) is 18.2 Å². The summed E-state index contributed by atoms with van der Waals surface area (Å²) in [6.45, 7) is -0.0541. The van der Waals surface area contributed by atoms with Gasteiger partial charge in [-0.2, -0.15) is 8.78 Å². The molecule has 3 rings (SSSR count).